The first-order chi connectivity index (χ1) is 14.3. The number of carbonyl (C=O) groups is 4. The zero-order valence-corrected chi connectivity index (χ0v) is 17.9. The number of ether oxygens (including phenoxy) is 1. The number of hydrogen-bond acceptors (Lipinski definition) is 7. The van der Waals surface area contributed by atoms with Gasteiger partial charge in [-0.05, 0) is 30.8 Å². The molecule has 1 unspecified atom stereocenters. The number of carbonyl (C=O) groups excluding carboxylic acids is 4. The van der Waals surface area contributed by atoms with Crippen molar-refractivity contribution in [3.8, 4) is 0 Å². The number of anilines is 1. The molecule has 30 heavy (non-hydrogen) atoms. The number of benzene rings is 1. The molecule has 2 heterocycles. The fourth-order valence-corrected chi connectivity index (χ4v) is 3.94. The summed E-state index contributed by atoms with van der Waals surface area (Å²) in [7, 11) is 4.68. The number of fused-ring (bicyclic) bond motifs is 1. The molecule has 0 bridgehead atoms. The van der Waals surface area contributed by atoms with Crippen LogP contribution in [0.3, 0.4) is 0 Å². The summed E-state index contributed by atoms with van der Waals surface area (Å²) in [5.41, 5.74) is 0.622. The first-order valence-electron chi connectivity index (χ1n) is 9.18. The summed E-state index contributed by atoms with van der Waals surface area (Å²) in [4.78, 5) is 55.8. The van der Waals surface area contributed by atoms with Gasteiger partial charge >= 0.3 is 12.0 Å². The number of para-hydroxylation sites is 1. The lowest BCUT2D eigenvalue weighted by atomic mass is 10.2. The molecule has 2 aliphatic rings. The number of urea groups is 1. The average molecular weight is 432 g/mol. The maximum Gasteiger partial charge on any atom is 0.388 e. The van der Waals surface area contributed by atoms with Crippen molar-refractivity contribution in [2.45, 2.75) is 13.0 Å². The van der Waals surface area contributed by atoms with Crippen molar-refractivity contribution in [2.75, 3.05) is 38.8 Å². The fraction of sp³-hybridized carbons (Fsp3) is 0.368. The predicted molar refractivity (Wildman–Crippen MR) is 112 cm³/mol. The molecule has 1 saturated heterocycles. The molecular weight excluding hydrogens is 410 g/mol. The van der Waals surface area contributed by atoms with Crippen LogP contribution in [-0.4, -0.2) is 88.7 Å². The Kier molecular flexibility index (Phi) is 6.20. The normalized spacial score (nSPS) is 18.4. The summed E-state index contributed by atoms with van der Waals surface area (Å²) < 4.78 is 6.64. The van der Waals surface area contributed by atoms with Crippen LogP contribution >= 0.6 is 11.8 Å². The number of amides is 4. The maximum atomic E-state index is 12.5. The molecule has 3 rings (SSSR count). The van der Waals surface area contributed by atoms with Crippen LogP contribution in [0.15, 0.2) is 29.3 Å². The van der Waals surface area contributed by atoms with Gasteiger partial charge in [0.15, 0.2) is 0 Å². The third-order valence-electron chi connectivity index (χ3n) is 4.63. The van der Waals surface area contributed by atoms with Crippen molar-refractivity contribution in [3.05, 3.63) is 29.8 Å². The molecule has 0 saturated carbocycles. The number of nitrogens with one attached hydrogen (secondary N) is 1. The highest BCUT2D eigenvalue weighted by Crippen LogP contribution is 2.22. The van der Waals surface area contributed by atoms with Crippen molar-refractivity contribution in [1.82, 2.24) is 9.80 Å². The monoisotopic (exact) mass is 432 g/mol. The number of rotatable bonds is 5. The topological polar surface area (TPSA) is 111 Å². The third-order valence-corrected chi connectivity index (χ3v) is 5.67. The number of aliphatic imine (C=N–C) groups is 1. The van der Waals surface area contributed by atoms with Crippen LogP contribution in [-0.2, 0) is 14.3 Å². The smallest absolute Gasteiger partial charge is 0.388 e. The van der Waals surface area contributed by atoms with Crippen LogP contribution in [0.25, 0.3) is 0 Å². The van der Waals surface area contributed by atoms with E-state index in [9.17, 15) is 19.2 Å². The number of imide groups is 1. The molecule has 1 aromatic rings. The van der Waals surface area contributed by atoms with Gasteiger partial charge in [-0.15, -0.1) is 4.99 Å². The molecule has 0 aromatic heterocycles. The average Bonchev–Trinajstić information content (AvgIpc) is 3.06. The maximum absolute atomic E-state index is 12.5. The predicted octanol–water partition coefficient (Wildman–Crippen LogP) is 0.838. The van der Waals surface area contributed by atoms with E-state index in [1.807, 2.05) is 0 Å². The minimum Gasteiger partial charge on any atom is -0.462 e. The number of amidine groups is 2. The van der Waals surface area contributed by atoms with E-state index in [2.05, 4.69) is 10.3 Å². The zero-order chi connectivity index (χ0) is 22.0. The number of nitrogens with zero attached hydrogens (tertiary/aromatic N) is 4. The number of thioether (sulfide) groups is 1. The van der Waals surface area contributed by atoms with Gasteiger partial charge < -0.3 is 10.1 Å². The summed E-state index contributed by atoms with van der Waals surface area (Å²) in [6.45, 7) is 1.94. The molecule has 158 valence electrons. The molecule has 1 fully saturated rings. The molecule has 2 aliphatic heterocycles. The number of esters is 1. The van der Waals surface area contributed by atoms with Crippen LogP contribution in [0.4, 0.5) is 10.5 Å². The Balaban J connectivity index is 1.69. The molecule has 11 heteroatoms. The van der Waals surface area contributed by atoms with Gasteiger partial charge in [0.05, 0.1) is 37.7 Å². The van der Waals surface area contributed by atoms with Crippen molar-refractivity contribution in [2.24, 2.45) is 4.99 Å². The van der Waals surface area contributed by atoms with Gasteiger partial charge in [0.1, 0.15) is 0 Å². The van der Waals surface area contributed by atoms with E-state index in [0.29, 0.717) is 16.7 Å². The quantitative estimate of drug-likeness (QED) is 0.545. The first-order valence-corrected chi connectivity index (χ1v) is 10.2. The van der Waals surface area contributed by atoms with Crippen molar-refractivity contribution < 1.29 is 28.5 Å². The molecule has 0 radical (unpaired) electrons. The minimum atomic E-state index is -0.808. The van der Waals surface area contributed by atoms with E-state index >= 15 is 0 Å². The minimum absolute atomic E-state index is 0.00201. The summed E-state index contributed by atoms with van der Waals surface area (Å²) in [5.74, 6) is -0.818. The van der Waals surface area contributed by atoms with Crippen molar-refractivity contribution in [1.29, 1.82) is 0 Å². The Morgan fingerprint density at radius 2 is 1.93 bits per heavy atom. The lowest BCUT2D eigenvalue weighted by molar-refractivity contribution is -0.367. The lowest BCUT2D eigenvalue weighted by Gasteiger charge is -2.27. The Labute approximate surface area is 177 Å². The van der Waals surface area contributed by atoms with Gasteiger partial charge in [-0.25, -0.2) is 19.1 Å². The highest BCUT2D eigenvalue weighted by Gasteiger charge is 2.51. The highest BCUT2D eigenvalue weighted by atomic mass is 32.2. The second kappa shape index (κ2) is 8.66. The van der Waals surface area contributed by atoms with Crippen LogP contribution in [0.2, 0.25) is 0 Å². The third kappa shape index (κ3) is 3.92. The summed E-state index contributed by atoms with van der Waals surface area (Å²) in [6, 6.07) is 5.34. The standard InChI is InChI=1S/C19H21N5O5S/c1-5-29-17(27)11-8-6-7-9-12(11)20-13(25)10-30-18-21-14-15(22(18)2)23(3)19(28)24(4)16(14)26/h6-9,14H,5,10H2,1-4H3/p+1. The van der Waals surface area contributed by atoms with E-state index < -0.39 is 23.9 Å². The van der Waals surface area contributed by atoms with Gasteiger partial charge in [-0.3, -0.25) is 14.5 Å². The Morgan fingerprint density at radius 3 is 2.63 bits per heavy atom. The van der Waals surface area contributed by atoms with E-state index in [4.69, 9.17) is 4.74 Å². The number of hydrogen-bond donors (Lipinski definition) is 1. The molecule has 1 atom stereocenters. The van der Waals surface area contributed by atoms with Crippen molar-refractivity contribution in [3.63, 3.8) is 0 Å². The van der Waals surface area contributed by atoms with Gasteiger partial charge in [-0.2, -0.15) is 0 Å². The fourth-order valence-electron chi connectivity index (χ4n) is 3.14. The largest absolute Gasteiger partial charge is 0.462 e. The molecular formula is C19H22N5O5S+. The van der Waals surface area contributed by atoms with Crippen LogP contribution < -0.4 is 5.32 Å². The van der Waals surface area contributed by atoms with E-state index in [1.165, 1.54) is 11.9 Å². The van der Waals surface area contributed by atoms with Crippen LogP contribution in [0, 0.1) is 0 Å². The Bertz CT molecular complexity index is 989. The summed E-state index contributed by atoms with van der Waals surface area (Å²) in [6.07, 6.45) is 0. The molecule has 1 aromatic carbocycles. The molecule has 4 amide bonds. The summed E-state index contributed by atoms with van der Waals surface area (Å²) in [5, 5.41) is 3.15. The van der Waals surface area contributed by atoms with E-state index in [0.717, 1.165) is 16.7 Å². The Hall–Kier alpha value is -3.21. The Morgan fingerprint density at radius 1 is 1.23 bits per heavy atom. The van der Waals surface area contributed by atoms with E-state index in [-0.39, 0.29) is 23.8 Å². The van der Waals surface area contributed by atoms with Crippen LogP contribution in [0.1, 0.15) is 17.3 Å². The number of likely N-dealkylation sites (N-methyl/N-ethyl adjacent to an activating group) is 2. The van der Waals surface area contributed by atoms with Crippen molar-refractivity contribution >= 4 is 52.3 Å². The first kappa shape index (κ1) is 21.5. The van der Waals surface area contributed by atoms with Gasteiger partial charge in [0.25, 0.3) is 23.0 Å². The van der Waals surface area contributed by atoms with Gasteiger partial charge in [0, 0.05) is 7.05 Å². The second-order valence-electron chi connectivity index (χ2n) is 6.57. The molecule has 0 spiro atoms. The molecule has 0 aliphatic carbocycles. The van der Waals surface area contributed by atoms with E-state index in [1.54, 1.807) is 49.9 Å². The lowest BCUT2D eigenvalue weighted by Crippen LogP contribution is -2.59. The SMILES string of the molecule is CCOC(=O)c1ccccc1NC(=O)CSC1=NC2C(=O)N(C)C(=O)N(C)C2=[N+]1C. The van der Waals surface area contributed by atoms with Crippen LogP contribution in [0.5, 0.6) is 0 Å². The highest BCUT2D eigenvalue weighted by molar-refractivity contribution is 8.14. The zero-order valence-electron chi connectivity index (χ0n) is 17.0. The summed E-state index contributed by atoms with van der Waals surface area (Å²) >= 11 is 1.13. The van der Waals surface area contributed by atoms with Gasteiger partial charge in [0.2, 0.25) is 5.91 Å². The van der Waals surface area contributed by atoms with Gasteiger partial charge in [-0.1, -0.05) is 12.1 Å². The second-order valence-corrected chi connectivity index (χ2v) is 7.52. The molecule has 1 N–H and O–H groups in total. The molecule has 10 nitrogen and oxygen atoms in total.